The van der Waals surface area contributed by atoms with Gasteiger partial charge in [0, 0.05) is 6.54 Å². The van der Waals surface area contributed by atoms with E-state index in [2.05, 4.69) is 12.8 Å². The molecule has 78 valence electrons. The number of amides is 1. The van der Waals surface area contributed by atoms with Gasteiger partial charge in [-0.15, -0.1) is 6.42 Å². The Morgan fingerprint density at radius 1 is 1.71 bits per heavy atom. The number of hydrogen-bond donors (Lipinski definition) is 0. The third-order valence-electron chi connectivity index (χ3n) is 2.40. The first kappa shape index (κ1) is 10.9. The number of rotatable bonds is 3. The van der Waals surface area contributed by atoms with E-state index in [-0.39, 0.29) is 12.1 Å². The van der Waals surface area contributed by atoms with Crippen LogP contribution < -0.4 is 0 Å². The molecule has 0 bridgehead atoms. The Morgan fingerprint density at radius 2 is 2.50 bits per heavy atom. The van der Waals surface area contributed by atoms with E-state index in [0.717, 1.165) is 32.2 Å². The van der Waals surface area contributed by atoms with Crippen molar-refractivity contribution >= 4 is 6.09 Å². The number of unbranched alkanes of at least 4 members (excludes halogenated alkanes) is 1. The monoisotopic (exact) mass is 195 g/mol. The summed E-state index contributed by atoms with van der Waals surface area (Å²) in [7, 11) is 0. The van der Waals surface area contributed by atoms with Gasteiger partial charge >= 0.3 is 6.09 Å². The second kappa shape index (κ2) is 5.54. The lowest BCUT2D eigenvalue weighted by molar-refractivity contribution is 0.103. The van der Waals surface area contributed by atoms with E-state index in [1.54, 1.807) is 4.90 Å². The fraction of sp³-hybridized carbons (Fsp3) is 0.727. The van der Waals surface area contributed by atoms with Gasteiger partial charge in [0.15, 0.2) is 0 Å². The van der Waals surface area contributed by atoms with Crippen LogP contribution in [0.25, 0.3) is 0 Å². The van der Waals surface area contributed by atoms with Crippen LogP contribution >= 0.6 is 0 Å². The van der Waals surface area contributed by atoms with E-state index in [9.17, 15) is 4.79 Å². The summed E-state index contributed by atoms with van der Waals surface area (Å²) in [6, 6.07) is -0.0517. The molecular formula is C11H17NO2. The van der Waals surface area contributed by atoms with Crippen molar-refractivity contribution in [2.45, 2.75) is 38.6 Å². The standard InChI is InChI=1S/C11H17NO2/c1-3-5-9-14-11(13)12-8-6-7-10(12)4-2/h2,10H,3,5-9H2,1H3. The Bertz CT molecular complexity index is 232. The molecule has 0 aromatic carbocycles. The molecule has 1 heterocycles. The summed E-state index contributed by atoms with van der Waals surface area (Å²) in [5.41, 5.74) is 0. The number of nitrogens with zero attached hydrogens (tertiary/aromatic N) is 1. The van der Waals surface area contributed by atoms with Gasteiger partial charge < -0.3 is 4.74 Å². The SMILES string of the molecule is C#CC1CCCN1C(=O)OCCCC. The topological polar surface area (TPSA) is 29.5 Å². The average molecular weight is 195 g/mol. The molecule has 14 heavy (non-hydrogen) atoms. The van der Waals surface area contributed by atoms with Gasteiger partial charge in [0.05, 0.1) is 12.6 Å². The third-order valence-corrected chi connectivity index (χ3v) is 2.40. The minimum atomic E-state index is -0.251. The van der Waals surface area contributed by atoms with Crippen LogP contribution in [0.4, 0.5) is 4.79 Å². The number of hydrogen-bond acceptors (Lipinski definition) is 2. The summed E-state index contributed by atoms with van der Waals surface area (Å²) >= 11 is 0. The Labute approximate surface area is 85.4 Å². The van der Waals surface area contributed by atoms with Crippen LogP contribution in [0.2, 0.25) is 0 Å². The van der Waals surface area contributed by atoms with Gasteiger partial charge in [-0.05, 0) is 19.3 Å². The second-order valence-corrected chi connectivity index (χ2v) is 3.49. The quantitative estimate of drug-likeness (QED) is 0.509. The van der Waals surface area contributed by atoms with Crippen LogP contribution in [-0.4, -0.2) is 30.2 Å². The molecule has 1 rings (SSSR count). The number of carbonyl (C=O) groups is 1. The first-order valence-electron chi connectivity index (χ1n) is 5.19. The smallest absolute Gasteiger partial charge is 0.410 e. The highest BCUT2D eigenvalue weighted by Gasteiger charge is 2.27. The molecule has 0 aromatic rings. The largest absolute Gasteiger partial charge is 0.449 e. The van der Waals surface area contributed by atoms with Crippen molar-refractivity contribution in [3.05, 3.63) is 0 Å². The maximum atomic E-state index is 11.5. The zero-order chi connectivity index (χ0) is 10.4. The zero-order valence-corrected chi connectivity index (χ0v) is 8.66. The Hall–Kier alpha value is -1.17. The van der Waals surface area contributed by atoms with Gasteiger partial charge in [-0.25, -0.2) is 4.79 Å². The van der Waals surface area contributed by atoms with E-state index < -0.39 is 0 Å². The van der Waals surface area contributed by atoms with E-state index >= 15 is 0 Å². The van der Waals surface area contributed by atoms with Crippen LogP contribution in [0.15, 0.2) is 0 Å². The van der Waals surface area contributed by atoms with Crippen LogP contribution in [0, 0.1) is 12.3 Å². The summed E-state index contributed by atoms with van der Waals surface area (Å²) < 4.78 is 5.09. The van der Waals surface area contributed by atoms with Gasteiger partial charge in [-0.2, -0.15) is 0 Å². The molecule has 0 aliphatic carbocycles. The maximum Gasteiger partial charge on any atom is 0.410 e. The van der Waals surface area contributed by atoms with Gasteiger partial charge in [0.1, 0.15) is 0 Å². The van der Waals surface area contributed by atoms with Crippen molar-refractivity contribution in [2.24, 2.45) is 0 Å². The lowest BCUT2D eigenvalue weighted by Crippen LogP contribution is -2.35. The van der Waals surface area contributed by atoms with Crippen molar-refractivity contribution < 1.29 is 9.53 Å². The van der Waals surface area contributed by atoms with Gasteiger partial charge in [0.25, 0.3) is 0 Å². The van der Waals surface area contributed by atoms with Crippen molar-refractivity contribution in [3.63, 3.8) is 0 Å². The molecule has 1 amide bonds. The zero-order valence-electron chi connectivity index (χ0n) is 8.66. The van der Waals surface area contributed by atoms with E-state index in [0.29, 0.717) is 6.61 Å². The molecule has 3 heteroatoms. The van der Waals surface area contributed by atoms with Crippen LogP contribution in [0.1, 0.15) is 32.6 Å². The molecule has 1 unspecified atom stereocenters. The molecule has 1 aliphatic rings. The predicted octanol–water partition coefficient (Wildman–Crippen LogP) is 2.02. The highest BCUT2D eigenvalue weighted by atomic mass is 16.6. The first-order valence-corrected chi connectivity index (χ1v) is 5.19. The summed E-state index contributed by atoms with van der Waals surface area (Å²) in [4.78, 5) is 13.1. The second-order valence-electron chi connectivity index (χ2n) is 3.49. The number of likely N-dealkylation sites (tertiary alicyclic amines) is 1. The molecule has 1 fully saturated rings. The molecule has 0 saturated carbocycles. The average Bonchev–Trinajstić information content (AvgIpc) is 2.65. The van der Waals surface area contributed by atoms with Crippen molar-refractivity contribution in [2.75, 3.05) is 13.2 Å². The van der Waals surface area contributed by atoms with Crippen LogP contribution in [-0.2, 0) is 4.74 Å². The van der Waals surface area contributed by atoms with E-state index in [1.165, 1.54) is 0 Å². The van der Waals surface area contributed by atoms with Crippen molar-refractivity contribution in [1.82, 2.24) is 4.90 Å². The third kappa shape index (κ3) is 2.66. The van der Waals surface area contributed by atoms with E-state index in [1.807, 2.05) is 0 Å². The van der Waals surface area contributed by atoms with E-state index in [4.69, 9.17) is 11.2 Å². The van der Waals surface area contributed by atoms with Crippen LogP contribution in [0.5, 0.6) is 0 Å². The Balaban J connectivity index is 2.33. The van der Waals surface area contributed by atoms with Crippen LogP contribution in [0.3, 0.4) is 0 Å². The van der Waals surface area contributed by atoms with Gasteiger partial charge in [-0.3, -0.25) is 4.90 Å². The lowest BCUT2D eigenvalue weighted by Gasteiger charge is -2.19. The lowest BCUT2D eigenvalue weighted by atomic mass is 10.2. The maximum absolute atomic E-state index is 11.5. The summed E-state index contributed by atoms with van der Waals surface area (Å²) in [6.07, 6.45) is 8.90. The molecule has 1 aliphatic heterocycles. The Kier molecular flexibility index (Phi) is 4.31. The van der Waals surface area contributed by atoms with Gasteiger partial charge in [-0.1, -0.05) is 19.3 Å². The molecule has 0 spiro atoms. The highest BCUT2D eigenvalue weighted by molar-refractivity contribution is 5.69. The number of carbonyl (C=O) groups excluding carboxylic acids is 1. The predicted molar refractivity (Wildman–Crippen MR) is 54.8 cm³/mol. The first-order chi connectivity index (χ1) is 6.79. The van der Waals surface area contributed by atoms with Crippen molar-refractivity contribution in [3.8, 4) is 12.3 Å². The van der Waals surface area contributed by atoms with Crippen molar-refractivity contribution in [1.29, 1.82) is 0 Å². The highest BCUT2D eigenvalue weighted by Crippen LogP contribution is 2.17. The molecule has 1 atom stereocenters. The minimum Gasteiger partial charge on any atom is -0.449 e. The summed E-state index contributed by atoms with van der Waals surface area (Å²) in [5.74, 6) is 2.61. The molecule has 0 N–H and O–H groups in total. The normalized spacial score (nSPS) is 20.6. The molecular weight excluding hydrogens is 178 g/mol. The molecule has 0 radical (unpaired) electrons. The fourth-order valence-electron chi connectivity index (χ4n) is 1.55. The minimum absolute atomic E-state index is 0.0517. The summed E-state index contributed by atoms with van der Waals surface area (Å²) in [6.45, 7) is 3.30. The number of terminal acetylenes is 1. The molecule has 0 aromatic heterocycles. The Morgan fingerprint density at radius 3 is 3.14 bits per heavy atom. The molecule has 3 nitrogen and oxygen atoms in total. The number of ether oxygens (including phenoxy) is 1. The summed E-state index contributed by atoms with van der Waals surface area (Å²) in [5, 5.41) is 0. The fourth-order valence-corrected chi connectivity index (χ4v) is 1.55. The molecule has 1 saturated heterocycles. The van der Waals surface area contributed by atoms with Gasteiger partial charge in [0.2, 0.25) is 0 Å².